The van der Waals surface area contributed by atoms with Gasteiger partial charge in [0.15, 0.2) is 0 Å². The van der Waals surface area contributed by atoms with Gasteiger partial charge in [-0.2, -0.15) is 0 Å². The molecule has 1 amide bonds. The molecule has 25 heavy (non-hydrogen) atoms. The number of benzene rings is 1. The normalized spacial score (nSPS) is 29.6. The number of nitrogens with one attached hydrogen (secondary N) is 1. The van der Waals surface area contributed by atoms with Crippen LogP contribution in [-0.2, 0) is 16.1 Å². The lowest BCUT2D eigenvalue weighted by molar-refractivity contribution is -0.149. The summed E-state index contributed by atoms with van der Waals surface area (Å²) in [5, 5.41) is 12.3. The van der Waals surface area contributed by atoms with Crippen LogP contribution in [0.3, 0.4) is 0 Å². The maximum Gasteiger partial charge on any atom is 0.313 e. The summed E-state index contributed by atoms with van der Waals surface area (Å²) in [6.45, 7) is 1.80. The van der Waals surface area contributed by atoms with E-state index >= 15 is 0 Å². The molecule has 1 aliphatic carbocycles. The molecule has 134 valence electrons. The van der Waals surface area contributed by atoms with E-state index in [0.29, 0.717) is 25.7 Å². The van der Waals surface area contributed by atoms with Gasteiger partial charge in [0, 0.05) is 26.2 Å². The number of carbonyl (C=O) groups excluding carboxylic acids is 1. The highest BCUT2D eigenvalue weighted by atomic mass is 16.5. The number of aliphatic carboxylic acids is 1. The summed E-state index contributed by atoms with van der Waals surface area (Å²) in [6, 6.07) is 8.05. The maximum atomic E-state index is 12.0. The van der Waals surface area contributed by atoms with Crippen molar-refractivity contribution in [3.8, 4) is 5.75 Å². The van der Waals surface area contributed by atoms with Gasteiger partial charge in [0.25, 0.3) is 0 Å². The zero-order chi connectivity index (χ0) is 17.4. The number of ether oxygens (including phenoxy) is 1. The molecule has 4 rings (SSSR count). The Kier molecular flexibility index (Phi) is 4.15. The van der Waals surface area contributed by atoms with Crippen molar-refractivity contribution < 1.29 is 19.4 Å². The minimum Gasteiger partial charge on any atom is -0.490 e. The molecule has 0 radical (unpaired) electrons. The molecule has 0 unspecified atom stereocenters. The van der Waals surface area contributed by atoms with E-state index in [2.05, 4.69) is 10.2 Å². The van der Waals surface area contributed by atoms with E-state index < -0.39 is 17.3 Å². The van der Waals surface area contributed by atoms with Gasteiger partial charge in [-0.05, 0) is 43.4 Å². The zero-order valence-electron chi connectivity index (χ0n) is 14.2. The van der Waals surface area contributed by atoms with Gasteiger partial charge in [0.1, 0.15) is 11.2 Å². The minimum absolute atomic E-state index is 0.134. The average molecular weight is 344 g/mol. The van der Waals surface area contributed by atoms with Crippen molar-refractivity contribution in [1.82, 2.24) is 10.2 Å². The highest BCUT2D eigenvalue weighted by Gasteiger charge is 2.59. The molecule has 6 heteroatoms. The fourth-order valence-corrected chi connectivity index (χ4v) is 4.43. The fourth-order valence-electron chi connectivity index (χ4n) is 4.43. The van der Waals surface area contributed by atoms with Crippen LogP contribution in [0, 0.1) is 11.3 Å². The molecule has 1 aromatic carbocycles. The van der Waals surface area contributed by atoms with E-state index in [0.717, 1.165) is 24.2 Å². The Balaban J connectivity index is 1.39. The smallest absolute Gasteiger partial charge is 0.313 e. The third-order valence-corrected chi connectivity index (χ3v) is 5.87. The SMILES string of the molecule is O=C1NC[C@]2(C(=O)O)CN(Cc3ccc(OC4CCCC4)cc3)C[C@H]12. The monoisotopic (exact) mass is 344 g/mol. The van der Waals surface area contributed by atoms with E-state index in [1.165, 1.54) is 12.8 Å². The summed E-state index contributed by atoms with van der Waals surface area (Å²) < 4.78 is 5.98. The Bertz CT molecular complexity index is 669. The summed E-state index contributed by atoms with van der Waals surface area (Å²) in [5.74, 6) is -0.561. The van der Waals surface area contributed by atoms with Crippen LogP contribution in [0.5, 0.6) is 5.75 Å². The van der Waals surface area contributed by atoms with Crippen molar-refractivity contribution in [2.45, 2.75) is 38.3 Å². The molecular formula is C19H24N2O4. The largest absolute Gasteiger partial charge is 0.490 e. The number of carboxylic acid groups (broad SMARTS) is 1. The van der Waals surface area contributed by atoms with Gasteiger partial charge in [0.05, 0.1) is 12.0 Å². The Hall–Kier alpha value is -2.08. The van der Waals surface area contributed by atoms with Gasteiger partial charge in [-0.1, -0.05) is 12.1 Å². The van der Waals surface area contributed by atoms with Crippen molar-refractivity contribution >= 4 is 11.9 Å². The summed E-state index contributed by atoms with van der Waals surface area (Å²) in [7, 11) is 0. The quantitative estimate of drug-likeness (QED) is 0.849. The van der Waals surface area contributed by atoms with Gasteiger partial charge in [-0.3, -0.25) is 14.5 Å². The third kappa shape index (κ3) is 2.99. The van der Waals surface area contributed by atoms with Crippen LogP contribution in [0.4, 0.5) is 0 Å². The van der Waals surface area contributed by atoms with Crippen LogP contribution in [0.2, 0.25) is 0 Å². The van der Waals surface area contributed by atoms with Crippen LogP contribution >= 0.6 is 0 Å². The van der Waals surface area contributed by atoms with Crippen molar-refractivity contribution in [2.24, 2.45) is 11.3 Å². The molecule has 3 fully saturated rings. The number of fused-ring (bicyclic) bond motifs is 1. The van der Waals surface area contributed by atoms with Crippen LogP contribution in [0.15, 0.2) is 24.3 Å². The second kappa shape index (κ2) is 6.33. The molecule has 0 bridgehead atoms. The lowest BCUT2D eigenvalue weighted by atomic mass is 9.81. The van der Waals surface area contributed by atoms with Crippen molar-refractivity contribution in [3.05, 3.63) is 29.8 Å². The second-order valence-corrected chi connectivity index (χ2v) is 7.57. The first-order chi connectivity index (χ1) is 12.1. The minimum atomic E-state index is -0.970. The summed E-state index contributed by atoms with van der Waals surface area (Å²) in [6.07, 6.45) is 5.11. The number of likely N-dealkylation sites (tertiary alicyclic amines) is 1. The van der Waals surface area contributed by atoms with Gasteiger partial charge in [-0.25, -0.2) is 0 Å². The molecule has 3 aliphatic rings. The van der Waals surface area contributed by atoms with Crippen molar-refractivity contribution in [2.75, 3.05) is 19.6 Å². The molecular weight excluding hydrogens is 320 g/mol. The average Bonchev–Trinajstić information content (AvgIpc) is 3.28. The first kappa shape index (κ1) is 16.4. The Morgan fingerprint density at radius 3 is 2.64 bits per heavy atom. The van der Waals surface area contributed by atoms with E-state index in [-0.39, 0.29) is 12.5 Å². The van der Waals surface area contributed by atoms with Gasteiger partial charge in [-0.15, -0.1) is 0 Å². The van der Waals surface area contributed by atoms with Crippen molar-refractivity contribution in [3.63, 3.8) is 0 Å². The van der Waals surface area contributed by atoms with E-state index in [4.69, 9.17) is 4.74 Å². The lowest BCUT2D eigenvalue weighted by Crippen LogP contribution is -2.40. The Labute approximate surface area is 147 Å². The van der Waals surface area contributed by atoms with E-state index in [9.17, 15) is 14.7 Å². The molecule has 2 heterocycles. The van der Waals surface area contributed by atoms with Crippen LogP contribution in [-0.4, -0.2) is 47.6 Å². The summed E-state index contributed by atoms with van der Waals surface area (Å²) in [4.78, 5) is 25.8. The summed E-state index contributed by atoms with van der Waals surface area (Å²) in [5.41, 5.74) is 0.141. The molecule has 1 saturated carbocycles. The van der Waals surface area contributed by atoms with Crippen LogP contribution < -0.4 is 10.1 Å². The molecule has 0 aromatic heterocycles. The molecule has 6 nitrogen and oxygen atoms in total. The van der Waals surface area contributed by atoms with Crippen LogP contribution in [0.1, 0.15) is 31.2 Å². The molecule has 0 spiro atoms. The fraction of sp³-hybridized carbons (Fsp3) is 0.579. The number of amides is 1. The van der Waals surface area contributed by atoms with Crippen molar-refractivity contribution in [1.29, 1.82) is 0 Å². The number of hydrogen-bond acceptors (Lipinski definition) is 4. The van der Waals surface area contributed by atoms with Crippen LogP contribution in [0.25, 0.3) is 0 Å². The van der Waals surface area contributed by atoms with E-state index in [1.807, 2.05) is 24.3 Å². The van der Waals surface area contributed by atoms with Gasteiger partial charge >= 0.3 is 5.97 Å². The van der Waals surface area contributed by atoms with E-state index in [1.54, 1.807) is 0 Å². The highest BCUT2D eigenvalue weighted by molar-refractivity contribution is 5.92. The molecule has 2 aliphatic heterocycles. The molecule has 2 N–H and O–H groups in total. The Morgan fingerprint density at radius 1 is 1.28 bits per heavy atom. The Morgan fingerprint density at radius 2 is 2.00 bits per heavy atom. The standard InChI is InChI=1S/C19H24N2O4/c22-17-16-10-21(12-19(16,11-20-17)18(23)24)9-13-5-7-15(8-6-13)25-14-3-1-2-4-14/h5-8,14,16H,1-4,9-12H2,(H,20,22)(H,23,24)/t16-,19+/m1/s1. The first-order valence-corrected chi connectivity index (χ1v) is 9.06. The number of nitrogens with zero attached hydrogens (tertiary/aromatic N) is 1. The number of carboxylic acids is 1. The van der Waals surface area contributed by atoms with Gasteiger partial charge < -0.3 is 15.2 Å². The molecule has 2 atom stereocenters. The number of carbonyl (C=O) groups is 2. The summed E-state index contributed by atoms with van der Waals surface area (Å²) >= 11 is 0. The maximum absolute atomic E-state index is 12.0. The molecule has 1 aromatic rings. The number of rotatable bonds is 5. The zero-order valence-corrected chi connectivity index (χ0v) is 14.2. The first-order valence-electron chi connectivity index (χ1n) is 9.06. The predicted molar refractivity (Wildman–Crippen MR) is 91.2 cm³/mol. The number of hydrogen-bond donors (Lipinski definition) is 2. The third-order valence-electron chi connectivity index (χ3n) is 5.87. The van der Waals surface area contributed by atoms with Gasteiger partial charge in [0.2, 0.25) is 5.91 Å². The second-order valence-electron chi connectivity index (χ2n) is 7.57. The lowest BCUT2D eigenvalue weighted by Gasteiger charge is -2.22. The predicted octanol–water partition coefficient (Wildman–Crippen LogP) is 1.64. The topological polar surface area (TPSA) is 78.9 Å². The molecule has 2 saturated heterocycles. The highest BCUT2D eigenvalue weighted by Crippen LogP contribution is 2.40.